The van der Waals surface area contributed by atoms with Crippen molar-refractivity contribution in [3.63, 3.8) is 0 Å². The first kappa shape index (κ1) is 14.8. The highest BCUT2D eigenvalue weighted by Gasteiger charge is 2.08. The summed E-state index contributed by atoms with van der Waals surface area (Å²) in [5, 5.41) is 6.84. The first-order chi connectivity index (χ1) is 11.1. The fourth-order valence-electron chi connectivity index (χ4n) is 2.20. The average Bonchev–Trinajstić information content (AvgIpc) is 2.99. The molecule has 3 rings (SSSR count). The van der Waals surface area contributed by atoms with Crippen molar-refractivity contribution in [3.8, 4) is 11.3 Å². The van der Waals surface area contributed by atoms with Crippen LogP contribution in [-0.2, 0) is 13.6 Å². The Morgan fingerprint density at radius 1 is 1.22 bits per heavy atom. The third-order valence-electron chi connectivity index (χ3n) is 3.33. The Morgan fingerprint density at radius 3 is 2.78 bits per heavy atom. The van der Waals surface area contributed by atoms with Crippen LogP contribution >= 0.6 is 0 Å². The molecule has 3 aromatic rings. The van der Waals surface area contributed by atoms with Crippen molar-refractivity contribution < 1.29 is 9.18 Å². The van der Waals surface area contributed by atoms with Gasteiger partial charge in [0.15, 0.2) is 0 Å². The molecule has 0 aliphatic heterocycles. The number of aromatic nitrogens is 4. The van der Waals surface area contributed by atoms with Crippen molar-refractivity contribution in [1.29, 1.82) is 0 Å². The van der Waals surface area contributed by atoms with E-state index >= 15 is 0 Å². The minimum Gasteiger partial charge on any atom is -0.348 e. The Balaban J connectivity index is 1.72. The van der Waals surface area contributed by atoms with Gasteiger partial charge in [-0.15, -0.1) is 0 Å². The van der Waals surface area contributed by atoms with Gasteiger partial charge in [-0.2, -0.15) is 5.10 Å². The molecule has 1 N–H and O–H groups in total. The molecule has 0 radical (unpaired) electrons. The van der Waals surface area contributed by atoms with Gasteiger partial charge >= 0.3 is 0 Å². The number of nitrogens with one attached hydrogen (secondary N) is 1. The average molecular weight is 311 g/mol. The molecule has 3 aromatic heterocycles. The smallest absolute Gasteiger partial charge is 0.253 e. The molecular formula is C16H14FN5O. The lowest BCUT2D eigenvalue weighted by atomic mass is 10.1. The SMILES string of the molecule is Cn1nccc1-c1cncc(CNC(=O)c2cncc(F)c2)c1. The maximum atomic E-state index is 13.1. The van der Waals surface area contributed by atoms with E-state index < -0.39 is 5.82 Å². The van der Waals surface area contributed by atoms with E-state index in [1.807, 2.05) is 19.2 Å². The molecule has 0 aliphatic carbocycles. The Kier molecular flexibility index (Phi) is 4.09. The maximum absolute atomic E-state index is 13.1. The molecular weight excluding hydrogens is 297 g/mol. The molecule has 0 aromatic carbocycles. The first-order valence-electron chi connectivity index (χ1n) is 6.94. The monoisotopic (exact) mass is 311 g/mol. The van der Waals surface area contributed by atoms with Crippen molar-refractivity contribution >= 4 is 5.91 Å². The topological polar surface area (TPSA) is 72.7 Å². The quantitative estimate of drug-likeness (QED) is 0.799. The normalized spacial score (nSPS) is 10.5. The van der Waals surface area contributed by atoms with E-state index in [2.05, 4.69) is 20.4 Å². The zero-order chi connectivity index (χ0) is 16.2. The van der Waals surface area contributed by atoms with E-state index in [1.54, 1.807) is 23.3 Å². The van der Waals surface area contributed by atoms with Crippen molar-refractivity contribution in [2.45, 2.75) is 6.54 Å². The lowest BCUT2D eigenvalue weighted by Gasteiger charge is -2.07. The molecule has 23 heavy (non-hydrogen) atoms. The molecule has 6 nitrogen and oxygen atoms in total. The van der Waals surface area contributed by atoms with Gasteiger partial charge in [-0.25, -0.2) is 4.39 Å². The van der Waals surface area contributed by atoms with Crippen molar-refractivity contribution in [2.24, 2.45) is 7.05 Å². The van der Waals surface area contributed by atoms with Gasteiger partial charge in [0.25, 0.3) is 5.91 Å². The van der Waals surface area contributed by atoms with Gasteiger partial charge in [-0.1, -0.05) is 0 Å². The summed E-state index contributed by atoms with van der Waals surface area (Å²) in [6.07, 6.45) is 7.49. The summed E-state index contributed by atoms with van der Waals surface area (Å²) in [6.45, 7) is 0.286. The predicted octanol–water partition coefficient (Wildman–Crippen LogP) is 1.95. The van der Waals surface area contributed by atoms with Crippen LogP contribution in [0.4, 0.5) is 4.39 Å². The van der Waals surface area contributed by atoms with Gasteiger partial charge in [0.05, 0.1) is 17.5 Å². The third-order valence-corrected chi connectivity index (χ3v) is 3.33. The van der Waals surface area contributed by atoms with E-state index in [4.69, 9.17) is 0 Å². The van der Waals surface area contributed by atoms with Crippen LogP contribution in [0, 0.1) is 5.82 Å². The lowest BCUT2D eigenvalue weighted by molar-refractivity contribution is 0.0950. The second-order valence-electron chi connectivity index (χ2n) is 5.00. The van der Waals surface area contributed by atoms with E-state index in [0.29, 0.717) is 0 Å². The van der Waals surface area contributed by atoms with Crippen molar-refractivity contribution in [2.75, 3.05) is 0 Å². The summed E-state index contributed by atoms with van der Waals surface area (Å²) in [5.74, 6) is -0.930. The van der Waals surface area contributed by atoms with Crippen LogP contribution in [0.3, 0.4) is 0 Å². The molecule has 0 saturated carbocycles. The van der Waals surface area contributed by atoms with E-state index in [9.17, 15) is 9.18 Å². The summed E-state index contributed by atoms with van der Waals surface area (Å²) < 4.78 is 14.8. The minimum absolute atomic E-state index is 0.181. The molecule has 0 unspecified atom stereocenters. The van der Waals surface area contributed by atoms with Crippen LogP contribution in [0.1, 0.15) is 15.9 Å². The Labute approximate surface area is 132 Å². The number of hydrogen-bond donors (Lipinski definition) is 1. The van der Waals surface area contributed by atoms with Gasteiger partial charge in [0.2, 0.25) is 0 Å². The highest BCUT2D eigenvalue weighted by atomic mass is 19.1. The van der Waals surface area contributed by atoms with Gasteiger partial charge < -0.3 is 5.32 Å². The second kappa shape index (κ2) is 6.35. The molecule has 7 heteroatoms. The van der Waals surface area contributed by atoms with Gasteiger partial charge in [-0.05, 0) is 23.8 Å². The molecule has 116 valence electrons. The van der Waals surface area contributed by atoms with Crippen LogP contribution < -0.4 is 5.32 Å². The number of hydrogen-bond acceptors (Lipinski definition) is 4. The number of carbonyl (C=O) groups is 1. The summed E-state index contributed by atoms with van der Waals surface area (Å²) in [5.41, 5.74) is 2.85. The lowest BCUT2D eigenvalue weighted by Crippen LogP contribution is -2.23. The summed E-state index contributed by atoms with van der Waals surface area (Å²) in [6, 6.07) is 4.96. The molecule has 0 fully saturated rings. The number of halogens is 1. The number of nitrogens with zero attached hydrogens (tertiary/aromatic N) is 4. The molecule has 0 spiro atoms. The highest BCUT2D eigenvalue weighted by Crippen LogP contribution is 2.18. The Hall–Kier alpha value is -3.09. The summed E-state index contributed by atoms with van der Waals surface area (Å²) >= 11 is 0. The van der Waals surface area contributed by atoms with Crippen molar-refractivity contribution in [1.82, 2.24) is 25.1 Å². The van der Waals surface area contributed by atoms with Gasteiger partial charge in [0, 0.05) is 43.9 Å². The maximum Gasteiger partial charge on any atom is 0.253 e. The molecule has 0 aliphatic rings. The number of amides is 1. The van der Waals surface area contributed by atoms with Crippen LogP contribution in [0.5, 0.6) is 0 Å². The predicted molar refractivity (Wildman–Crippen MR) is 81.8 cm³/mol. The van der Waals surface area contributed by atoms with Crippen LogP contribution in [0.15, 0.2) is 49.2 Å². The third kappa shape index (κ3) is 3.39. The standard InChI is InChI=1S/C16H14FN5O/c1-22-15(2-3-21-22)12-4-11(6-18-8-12)7-20-16(23)13-5-14(17)10-19-9-13/h2-6,8-10H,7H2,1H3,(H,20,23). The van der Waals surface area contributed by atoms with Gasteiger partial charge in [-0.3, -0.25) is 19.4 Å². The molecule has 1 amide bonds. The molecule has 0 atom stereocenters. The molecule has 0 saturated heterocycles. The zero-order valence-corrected chi connectivity index (χ0v) is 12.4. The highest BCUT2D eigenvalue weighted by molar-refractivity contribution is 5.93. The molecule has 3 heterocycles. The summed E-state index contributed by atoms with van der Waals surface area (Å²) in [7, 11) is 1.85. The first-order valence-corrected chi connectivity index (χ1v) is 6.94. The Morgan fingerprint density at radius 2 is 2.04 bits per heavy atom. The zero-order valence-electron chi connectivity index (χ0n) is 12.4. The van der Waals surface area contributed by atoms with E-state index in [1.165, 1.54) is 6.20 Å². The van der Waals surface area contributed by atoms with Crippen LogP contribution in [0.25, 0.3) is 11.3 Å². The van der Waals surface area contributed by atoms with E-state index in [-0.39, 0.29) is 18.0 Å². The van der Waals surface area contributed by atoms with Crippen LogP contribution in [0.2, 0.25) is 0 Å². The largest absolute Gasteiger partial charge is 0.348 e. The minimum atomic E-state index is -0.544. The van der Waals surface area contributed by atoms with Gasteiger partial charge in [0.1, 0.15) is 5.82 Å². The summed E-state index contributed by atoms with van der Waals surface area (Å²) in [4.78, 5) is 19.8. The fraction of sp³-hybridized carbons (Fsp3) is 0.125. The van der Waals surface area contributed by atoms with Crippen LogP contribution in [-0.4, -0.2) is 25.7 Å². The number of aryl methyl sites for hydroxylation is 1. The number of pyridine rings is 2. The van der Waals surface area contributed by atoms with E-state index in [0.717, 1.165) is 29.1 Å². The molecule has 0 bridgehead atoms. The fourth-order valence-corrected chi connectivity index (χ4v) is 2.20. The second-order valence-corrected chi connectivity index (χ2v) is 5.00. The Bertz CT molecular complexity index is 846. The number of rotatable bonds is 4. The number of carbonyl (C=O) groups excluding carboxylic acids is 1. The van der Waals surface area contributed by atoms with Crippen molar-refractivity contribution in [3.05, 3.63) is 66.1 Å².